The molecule has 2 nitrogen and oxygen atoms in total. The Hall–Kier alpha value is -0.450. The van der Waals surface area contributed by atoms with Crippen molar-refractivity contribution in [3.05, 3.63) is 33.5 Å². The molecule has 0 aliphatic carbocycles. The van der Waals surface area contributed by atoms with Crippen molar-refractivity contribution >= 4 is 15.9 Å². The highest BCUT2D eigenvalue weighted by Crippen LogP contribution is 2.36. The number of rotatable bonds is 1. The summed E-state index contributed by atoms with van der Waals surface area (Å²) in [6.45, 7) is 2.65. The summed E-state index contributed by atoms with van der Waals surface area (Å²) in [7, 11) is 0. The zero-order chi connectivity index (χ0) is 11.8. The van der Waals surface area contributed by atoms with Crippen molar-refractivity contribution in [3.63, 3.8) is 0 Å². The molecule has 1 saturated heterocycles. The van der Waals surface area contributed by atoms with Crippen molar-refractivity contribution in [2.24, 2.45) is 0 Å². The highest BCUT2D eigenvalue weighted by molar-refractivity contribution is 9.10. The normalized spacial score (nSPS) is 19.8. The molecule has 0 radical (unpaired) electrons. The van der Waals surface area contributed by atoms with E-state index in [1.54, 1.807) is 19.1 Å². The number of ether oxygens (including phenoxy) is 1. The average molecular weight is 289 g/mol. The first-order valence-corrected chi connectivity index (χ1v) is 6.08. The van der Waals surface area contributed by atoms with Crippen LogP contribution in [-0.2, 0) is 10.3 Å². The molecule has 0 spiro atoms. The lowest BCUT2D eigenvalue weighted by molar-refractivity contribution is -0.0698. The molecule has 0 atom stereocenters. The first-order valence-electron chi connectivity index (χ1n) is 5.29. The van der Waals surface area contributed by atoms with Gasteiger partial charge in [-0.1, -0.05) is 15.9 Å². The summed E-state index contributed by atoms with van der Waals surface area (Å²) in [6.07, 6.45) is 0.889. The predicted molar refractivity (Wildman–Crippen MR) is 62.8 cm³/mol. The molecular formula is C12H14BrFO2. The van der Waals surface area contributed by atoms with Crippen molar-refractivity contribution in [3.8, 4) is 0 Å². The van der Waals surface area contributed by atoms with E-state index < -0.39 is 5.60 Å². The number of benzene rings is 1. The van der Waals surface area contributed by atoms with Gasteiger partial charge in [-0.25, -0.2) is 4.39 Å². The van der Waals surface area contributed by atoms with Gasteiger partial charge in [0.25, 0.3) is 0 Å². The first kappa shape index (κ1) is 12.0. The van der Waals surface area contributed by atoms with E-state index in [0.717, 1.165) is 4.47 Å². The summed E-state index contributed by atoms with van der Waals surface area (Å²) in [6, 6.07) is 3.37. The molecule has 4 heteroatoms. The molecule has 0 aromatic heterocycles. The highest BCUT2D eigenvalue weighted by Gasteiger charge is 2.34. The third-order valence-corrected chi connectivity index (χ3v) is 3.50. The minimum Gasteiger partial charge on any atom is -0.385 e. The van der Waals surface area contributed by atoms with Gasteiger partial charge in [0.15, 0.2) is 0 Å². The molecule has 2 rings (SSSR count). The van der Waals surface area contributed by atoms with Crippen LogP contribution in [0.5, 0.6) is 0 Å². The minimum absolute atomic E-state index is 0.312. The maximum absolute atomic E-state index is 14.0. The van der Waals surface area contributed by atoms with E-state index in [-0.39, 0.29) is 5.82 Å². The number of halogens is 2. The Morgan fingerprint density at radius 1 is 1.38 bits per heavy atom. The van der Waals surface area contributed by atoms with Crippen LogP contribution in [0.2, 0.25) is 0 Å². The van der Waals surface area contributed by atoms with Crippen molar-refractivity contribution in [2.45, 2.75) is 25.4 Å². The van der Waals surface area contributed by atoms with Crippen LogP contribution < -0.4 is 0 Å². The fourth-order valence-electron chi connectivity index (χ4n) is 2.04. The van der Waals surface area contributed by atoms with E-state index in [1.165, 1.54) is 0 Å². The second-order valence-electron chi connectivity index (χ2n) is 4.23. The lowest BCUT2D eigenvalue weighted by atomic mass is 9.85. The number of aryl methyl sites for hydroxylation is 1. The Labute approximate surface area is 103 Å². The Kier molecular flexibility index (Phi) is 3.33. The van der Waals surface area contributed by atoms with Crippen LogP contribution >= 0.6 is 15.9 Å². The molecule has 1 aromatic carbocycles. The van der Waals surface area contributed by atoms with Crippen molar-refractivity contribution in [2.75, 3.05) is 13.2 Å². The Morgan fingerprint density at radius 3 is 2.62 bits per heavy atom. The smallest absolute Gasteiger partial charge is 0.132 e. The van der Waals surface area contributed by atoms with Gasteiger partial charge in [-0.3, -0.25) is 0 Å². The van der Waals surface area contributed by atoms with Crippen molar-refractivity contribution in [1.82, 2.24) is 0 Å². The molecule has 0 bridgehead atoms. The van der Waals surface area contributed by atoms with E-state index in [1.807, 2.05) is 0 Å². The number of hydrogen-bond acceptors (Lipinski definition) is 2. The summed E-state index contributed by atoms with van der Waals surface area (Å²) >= 11 is 3.33. The largest absolute Gasteiger partial charge is 0.385 e. The highest BCUT2D eigenvalue weighted by atomic mass is 79.9. The molecule has 0 unspecified atom stereocenters. The second-order valence-corrected chi connectivity index (χ2v) is 5.14. The zero-order valence-electron chi connectivity index (χ0n) is 9.09. The SMILES string of the molecule is Cc1cc(Br)cc(C2(O)CCOCC2)c1F. The van der Waals surface area contributed by atoms with E-state index >= 15 is 0 Å². The fraction of sp³-hybridized carbons (Fsp3) is 0.500. The lowest BCUT2D eigenvalue weighted by Crippen LogP contribution is -2.34. The maximum Gasteiger partial charge on any atom is 0.132 e. The van der Waals surface area contributed by atoms with E-state index in [0.29, 0.717) is 37.2 Å². The summed E-state index contributed by atoms with van der Waals surface area (Å²) in [5, 5.41) is 10.4. The van der Waals surface area contributed by atoms with Gasteiger partial charge in [-0.15, -0.1) is 0 Å². The molecule has 16 heavy (non-hydrogen) atoms. The number of hydrogen-bond donors (Lipinski definition) is 1. The second kappa shape index (κ2) is 4.43. The zero-order valence-corrected chi connectivity index (χ0v) is 10.7. The van der Waals surface area contributed by atoms with Gasteiger partial charge in [0.1, 0.15) is 5.82 Å². The molecule has 0 saturated carbocycles. The third kappa shape index (κ3) is 2.14. The maximum atomic E-state index is 14.0. The van der Waals surface area contributed by atoms with Gasteiger partial charge in [0.2, 0.25) is 0 Å². The van der Waals surface area contributed by atoms with Gasteiger partial charge in [0, 0.05) is 36.1 Å². The average Bonchev–Trinajstić information content (AvgIpc) is 2.24. The van der Waals surface area contributed by atoms with Crippen molar-refractivity contribution < 1.29 is 14.2 Å². The Morgan fingerprint density at radius 2 is 2.00 bits per heavy atom. The minimum atomic E-state index is -1.09. The Bertz CT molecular complexity index is 400. The summed E-state index contributed by atoms with van der Waals surface area (Å²) < 4.78 is 20.0. The number of aliphatic hydroxyl groups is 1. The van der Waals surface area contributed by atoms with E-state index in [9.17, 15) is 9.50 Å². The van der Waals surface area contributed by atoms with Crippen LogP contribution in [0.15, 0.2) is 16.6 Å². The molecule has 0 amide bonds. The summed E-state index contributed by atoms with van der Waals surface area (Å²) in [5.41, 5.74) is -0.163. The first-order chi connectivity index (χ1) is 7.53. The standard InChI is InChI=1S/C12H14BrFO2/c1-8-6-9(13)7-10(11(8)14)12(15)2-4-16-5-3-12/h6-7,15H,2-5H2,1H3. The summed E-state index contributed by atoms with van der Waals surface area (Å²) in [5.74, 6) is -0.312. The molecule has 1 heterocycles. The molecule has 1 N–H and O–H groups in total. The molecule has 88 valence electrons. The molecule has 1 fully saturated rings. The van der Waals surface area contributed by atoms with E-state index in [2.05, 4.69) is 15.9 Å². The predicted octanol–water partition coefficient (Wildman–Crippen LogP) is 2.89. The van der Waals surface area contributed by atoms with Crippen LogP contribution in [0.4, 0.5) is 4.39 Å². The molecule has 1 aromatic rings. The monoisotopic (exact) mass is 288 g/mol. The van der Waals surface area contributed by atoms with Crippen LogP contribution in [0.25, 0.3) is 0 Å². The quantitative estimate of drug-likeness (QED) is 0.861. The molecule has 1 aliphatic rings. The van der Waals surface area contributed by atoms with Gasteiger partial charge < -0.3 is 9.84 Å². The van der Waals surface area contributed by atoms with Crippen LogP contribution in [-0.4, -0.2) is 18.3 Å². The Balaban J connectivity index is 2.45. The summed E-state index contributed by atoms with van der Waals surface area (Å²) in [4.78, 5) is 0. The van der Waals surface area contributed by atoms with Crippen LogP contribution in [0.1, 0.15) is 24.0 Å². The lowest BCUT2D eigenvalue weighted by Gasteiger charge is -2.33. The van der Waals surface area contributed by atoms with Gasteiger partial charge in [-0.05, 0) is 24.6 Å². The topological polar surface area (TPSA) is 29.5 Å². The van der Waals surface area contributed by atoms with E-state index in [4.69, 9.17) is 4.74 Å². The van der Waals surface area contributed by atoms with Gasteiger partial charge in [0.05, 0.1) is 5.60 Å². The van der Waals surface area contributed by atoms with Gasteiger partial charge in [-0.2, -0.15) is 0 Å². The fourth-order valence-corrected chi connectivity index (χ4v) is 2.61. The van der Waals surface area contributed by atoms with Crippen molar-refractivity contribution in [1.29, 1.82) is 0 Å². The third-order valence-electron chi connectivity index (χ3n) is 3.04. The van der Waals surface area contributed by atoms with Crippen LogP contribution in [0.3, 0.4) is 0 Å². The van der Waals surface area contributed by atoms with Crippen LogP contribution in [0, 0.1) is 12.7 Å². The molecular weight excluding hydrogens is 275 g/mol. The van der Waals surface area contributed by atoms with Gasteiger partial charge >= 0.3 is 0 Å². The molecule has 1 aliphatic heterocycles.